The fourth-order valence-electron chi connectivity index (χ4n) is 6.34. The number of aryl methyl sites for hydroxylation is 1. The minimum atomic E-state index is -0.829. The Morgan fingerprint density at radius 2 is 2.00 bits per heavy atom. The molecule has 1 heterocycles. The lowest BCUT2D eigenvalue weighted by atomic mass is 9.84. The molecule has 2 aliphatic rings. The van der Waals surface area contributed by atoms with Gasteiger partial charge in [0.15, 0.2) is 0 Å². The summed E-state index contributed by atoms with van der Waals surface area (Å²) in [6.07, 6.45) is 2.01. The Hall–Kier alpha value is -3.71. The Bertz CT molecular complexity index is 1400. The van der Waals surface area contributed by atoms with Gasteiger partial charge in [0.2, 0.25) is 0 Å². The zero-order valence-corrected chi connectivity index (χ0v) is 23.5. The molecule has 0 saturated heterocycles. The number of hydrogen-bond acceptors (Lipinski definition) is 6. The number of nitrogens with zero attached hydrogens (tertiary/aromatic N) is 1. The Kier molecular flexibility index (Phi) is 7.21. The summed E-state index contributed by atoms with van der Waals surface area (Å²) in [5, 5.41) is 13.0. The second kappa shape index (κ2) is 10.5. The van der Waals surface area contributed by atoms with Crippen molar-refractivity contribution in [1.29, 1.82) is 0 Å². The van der Waals surface area contributed by atoms with Gasteiger partial charge in [0.1, 0.15) is 17.1 Å². The topological polar surface area (TPSA) is 97.0 Å². The summed E-state index contributed by atoms with van der Waals surface area (Å²) < 4.78 is 12.0. The molecular weight excluding hydrogens is 490 g/mol. The number of fused-ring (bicyclic) bond motifs is 2. The van der Waals surface area contributed by atoms with Gasteiger partial charge in [-0.2, -0.15) is 0 Å². The van der Waals surface area contributed by atoms with Gasteiger partial charge in [-0.25, -0.2) is 0 Å². The highest BCUT2D eigenvalue weighted by atomic mass is 16.5. The first-order valence-electron chi connectivity index (χ1n) is 13.6. The van der Waals surface area contributed by atoms with Crippen molar-refractivity contribution in [2.24, 2.45) is 0 Å². The van der Waals surface area contributed by atoms with Gasteiger partial charge in [-0.05, 0) is 85.7 Å². The van der Waals surface area contributed by atoms with E-state index in [9.17, 15) is 9.90 Å². The van der Waals surface area contributed by atoms with Crippen LogP contribution in [0.15, 0.2) is 48.5 Å². The maximum absolute atomic E-state index is 12.0. The molecule has 0 saturated carbocycles. The van der Waals surface area contributed by atoms with E-state index in [1.54, 1.807) is 7.11 Å². The molecule has 0 radical (unpaired) electrons. The summed E-state index contributed by atoms with van der Waals surface area (Å²) in [7, 11) is 3.52. The number of methoxy groups -OCH3 is 1. The second-order valence-electron chi connectivity index (χ2n) is 11.4. The lowest BCUT2D eigenvalue weighted by molar-refractivity contribution is -0.137. The number of carboxylic acids is 1. The van der Waals surface area contributed by atoms with E-state index < -0.39 is 5.97 Å². The van der Waals surface area contributed by atoms with Crippen LogP contribution in [0.4, 0.5) is 11.4 Å². The molecule has 206 valence electrons. The van der Waals surface area contributed by atoms with Crippen LogP contribution in [0.5, 0.6) is 11.5 Å². The van der Waals surface area contributed by atoms with E-state index in [2.05, 4.69) is 48.3 Å². The van der Waals surface area contributed by atoms with E-state index in [0.717, 1.165) is 65.4 Å². The summed E-state index contributed by atoms with van der Waals surface area (Å²) in [4.78, 5) is 14.5. The molecule has 2 atom stereocenters. The lowest BCUT2D eigenvalue weighted by Gasteiger charge is -2.34. The lowest BCUT2D eigenvalue weighted by Crippen LogP contribution is -2.41. The number of nitrogens with two attached hydrogens (primary N) is 1. The summed E-state index contributed by atoms with van der Waals surface area (Å²) in [5.74, 6) is 0.595. The molecule has 4 N–H and O–H groups in total. The first-order valence-corrected chi connectivity index (χ1v) is 13.6. The molecule has 0 amide bonds. The molecule has 7 nitrogen and oxygen atoms in total. The monoisotopic (exact) mass is 529 g/mol. The number of aliphatic carboxylic acids is 1. The van der Waals surface area contributed by atoms with Crippen LogP contribution in [0.2, 0.25) is 0 Å². The summed E-state index contributed by atoms with van der Waals surface area (Å²) in [5.41, 5.74) is 14.2. The summed E-state index contributed by atoms with van der Waals surface area (Å²) in [6, 6.07) is 16.7. The molecule has 5 rings (SSSR count). The van der Waals surface area contributed by atoms with Crippen molar-refractivity contribution in [2.45, 2.75) is 64.1 Å². The van der Waals surface area contributed by atoms with E-state index in [1.165, 1.54) is 11.1 Å². The molecule has 0 fully saturated rings. The van der Waals surface area contributed by atoms with E-state index in [0.29, 0.717) is 5.69 Å². The average molecular weight is 530 g/mol. The number of anilines is 2. The zero-order valence-electron chi connectivity index (χ0n) is 23.5. The molecule has 2 unspecified atom stereocenters. The van der Waals surface area contributed by atoms with E-state index >= 15 is 0 Å². The smallest absolute Gasteiger partial charge is 0.304 e. The maximum atomic E-state index is 12.0. The number of benzene rings is 3. The molecule has 1 aliphatic carbocycles. The normalized spacial score (nSPS) is 18.8. The van der Waals surface area contributed by atoms with E-state index in [4.69, 9.17) is 15.2 Å². The first-order chi connectivity index (χ1) is 18.6. The quantitative estimate of drug-likeness (QED) is 0.328. The van der Waals surface area contributed by atoms with Crippen molar-refractivity contribution in [3.05, 3.63) is 81.9 Å². The van der Waals surface area contributed by atoms with Crippen molar-refractivity contribution in [1.82, 2.24) is 4.90 Å². The second-order valence-corrected chi connectivity index (χ2v) is 11.4. The average Bonchev–Trinajstić information content (AvgIpc) is 3.26. The SMILES string of the molecule is CNc1ccc(C(CC(=O)O)c2ccc3c(c2)C(N2Cc4cc(OC)ccc4OC(C)(C)C2)CC3)c(C)c1N. The Labute approximate surface area is 230 Å². The van der Waals surface area contributed by atoms with Gasteiger partial charge in [-0.1, -0.05) is 24.3 Å². The van der Waals surface area contributed by atoms with Crippen LogP contribution in [0.3, 0.4) is 0 Å². The van der Waals surface area contributed by atoms with Crippen LogP contribution >= 0.6 is 0 Å². The van der Waals surface area contributed by atoms with Crippen molar-refractivity contribution in [3.63, 3.8) is 0 Å². The molecule has 7 heteroatoms. The highest BCUT2D eigenvalue weighted by Gasteiger charge is 2.36. The first kappa shape index (κ1) is 26.9. The number of carboxylic acid groups (broad SMARTS) is 1. The number of carbonyl (C=O) groups is 1. The molecule has 0 aromatic heterocycles. The predicted octanol–water partition coefficient (Wildman–Crippen LogP) is 5.89. The van der Waals surface area contributed by atoms with Crippen LogP contribution in [0.1, 0.15) is 72.0 Å². The molecule has 3 aromatic carbocycles. The van der Waals surface area contributed by atoms with E-state index in [1.807, 2.05) is 38.2 Å². The molecule has 1 aliphatic heterocycles. The minimum absolute atomic E-state index is 0.000386. The number of nitrogens with one attached hydrogen (secondary N) is 1. The number of rotatable bonds is 7. The van der Waals surface area contributed by atoms with Crippen LogP contribution in [0, 0.1) is 6.92 Å². The van der Waals surface area contributed by atoms with Crippen LogP contribution in [0.25, 0.3) is 0 Å². The Balaban J connectivity index is 1.53. The predicted molar refractivity (Wildman–Crippen MR) is 155 cm³/mol. The van der Waals surface area contributed by atoms with Crippen molar-refractivity contribution in [2.75, 3.05) is 31.8 Å². The number of ether oxygens (including phenoxy) is 2. The van der Waals surface area contributed by atoms with Crippen LogP contribution < -0.4 is 20.5 Å². The van der Waals surface area contributed by atoms with Crippen LogP contribution in [-0.4, -0.2) is 42.3 Å². The third kappa shape index (κ3) is 5.28. The third-order valence-corrected chi connectivity index (χ3v) is 8.25. The minimum Gasteiger partial charge on any atom is -0.497 e. The van der Waals surface area contributed by atoms with Crippen molar-refractivity contribution >= 4 is 17.3 Å². The highest BCUT2D eigenvalue weighted by molar-refractivity contribution is 5.74. The fourth-order valence-corrected chi connectivity index (χ4v) is 6.34. The zero-order chi connectivity index (χ0) is 27.9. The van der Waals surface area contributed by atoms with Gasteiger partial charge < -0.3 is 25.6 Å². The standard InChI is InChI=1S/C32H39N3O4/c1-19-24(10-11-27(34-4)31(19)33)25(16-30(36)37)21-7-6-20-8-12-28(26(20)15-21)35-17-22-14-23(38-5)9-13-29(22)39-32(2,3)18-35/h6-7,9-11,13-15,25,28,34H,8,12,16-18,33H2,1-5H3,(H,36,37). The van der Waals surface area contributed by atoms with Crippen molar-refractivity contribution < 1.29 is 19.4 Å². The van der Waals surface area contributed by atoms with Gasteiger partial charge in [0.05, 0.1) is 24.9 Å². The molecule has 0 bridgehead atoms. The van der Waals surface area contributed by atoms with Gasteiger partial charge in [0.25, 0.3) is 0 Å². The molecular formula is C32H39N3O4. The largest absolute Gasteiger partial charge is 0.497 e. The highest BCUT2D eigenvalue weighted by Crippen LogP contribution is 2.43. The van der Waals surface area contributed by atoms with Gasteiger partial charge in [-0.15, -0.1) is 0 Å². The van der Waals surface area contributed by atoms with Gasteiger partial charge in [0, 0.05) is 37.7 Å². The molecule has 3 aromatic rings. The summed E-state index contributed by atoms with van der Waals surface area (Å²) >= 11 is 0. The molecule has 0 spiro atoms. The Morgan fingerprint density at radius 1 is 1.21 bits per heavy atom. The van der Waals surface area contributed by atoms with Crippen LogP contribution in [-0.2, 0) is 17.8 Å². The summed E-state index contributed by atoms with van der Waals surface area (Å²) in [6.45, 7) is 7.77. The van der Waals surface area contributed by atoms with Gasteiger partial charge in [-0.3, -0.25) is 9.69 Å². The fraction of sp³-hybridized carbons (Fsp3) is 0.406. The maximum Gasteiger partial charge on any atom is 0.304 e. The Morgan fingerprint density at radius 3 is 2.72 bits per heavy atom. The number of hydrogen-bond donors (Lipinski definition) is 3. The molecule has 39 heavy (non-hydrogen) atoms. The van der Waals surface area contributed by atoms with Crippen molar-refractivity contribution in [3.8, 4) is 11.5 Å². The third-order valence-electron chi connectivity index (χ3n) is 8.25. The number of nitrogen functional groups attached to an aromatic ring is 1. The van der Waals surface area contributed by atoms with Gasteiger partial charge >= 0.3 is 5.97 Å². The van der Waals surface area contributed by atoms with E-state index in [-0.39, 0.29) is 24.0 Å².